The lowest BCUT2D eigenvalue weighted by Gasteiger charge is -2.23. The minimum atomic E-state index is -0.0119. The summed E-state index contributed by atoms with van der Waals surface area (Å²) in [6.45, 7) is 13.4. The topological polar surface area (TPSA) is 66.0 Å². The summed E-state index contributed by atoms with van der Waals surface area (Å²) < 4.78 is 11.6. The van der Waals surface area contributed by atoms with Crippen molar-refractivity contribution in [2.24, 2.45) is 10.8 Å². The maximum atomic E-state index is 9.15. The third kappa shape index (κ3) is 5.66. The average molecular weight is 300 g/mol. The first-order chi connectivity index (χ1) is 10.1. The molecule has 0 bridgehead atoms. The maximum Gasteiger partial charge on any atom is 0.162 e. The van der Waals surface area contributed by atoms with Gasteiger partial charge in [0.25, 0.3) is 0 Å². The van der Waals surface area contributed by atoms with Gasteiger partial charge >= 0.3 is 0 Å². The molecule has 118 valence electrons. The summed E-state index contributed by atoms with van der Waals surface area (Å²) in [5, 5.41) is 18.3. The van der Waals surface area contributed by atoms with Crippen LogP contribution in [0.1, 0.15) is 52.7 Å². The van der Waals surface area contributed by atoms with Gasteiger partial charge in [0.05, 0.1) is 24.3 Å². The highest BCUT2D eigenvalue weighted by atomic mass is 16.5. The third-order valence-corrected chi connectivity index (χ3v) is 2.65. The van der Waals surface area contributed by atoms with E-state index in [1.807, 2.05) is 12.1 Å². The summed E-state index contributed by atoms with van der Waals surface area (Å²) in [4.78, 5) is 0. The molecule has 0 N–H and O–H groups in total. The van der Waals surface area contributed by atoms with Crippen molar-refractivity contribution in [3.8, 4) is 23.6 Å². The van der Waals surface area contributed by atoms with E-state index in [0.717, 1.165) is 0 Å². The van der Waals surface area contributed by atoms with Gasteiger partial charge in [0.1, 0.15) is 12.1 Å². The molecule has 0 aliphatic heterocycles. The first kappa shape index (κ1) is 17.9. The number of ether oxygens (including phenoxy) is 2. The van der Waals surface area contributed by atoms with Crippen molar-refractivity contribution in [1.29, 1.82) is 10.5 Å². The number of nitrogens with zero attached hydrogens (tertiary/aromatic N) is 2. The number of hydrogen-bond acceptors (Lipinski definition) is 4. The van der Waals surface area contributed by atoms with E-state index in [2.05, 4.69) is 41.5 Å². The largest absolute Gasteiger partial charge is 0.489 e. The molecule has 0 aliphatic rings. The molecule has 1 aromatic rings. The zero-order chi connectivity index (χ0) is 17.0. The normalized spacial score (nSPS) is 11.5. The minimum Gasteiger partial charge on any atom is -0.489 e. The fourth-order valence-corrected chi connectivity index (χ4v) is 1.56. The Balaban J connectivity index is 3.14. The van der Waals surface area contributed by atoms with Crippen molar-refractivity contribution >= 4 is 0 Å². The zero-order valence-electron chi connectivity index (χ0n) is 14.3. The van der Waals surface area contributed by atoms with Crippen molar-refractivity contribution < 1.29 is 9.47 Å². The average Bonchev–Trinajstić information content (AvgIpc) is 2.40. The van der Waals surface area contributed by atoms with Gasteiger partial charge in [0.2, 0.25) is 0 Å². The zero-order valence-corrected chi connectivity index (χ0v) is 14.3. The quantitative estimate of drug-likeness (QED) is 0.832. The molecule has 0 aromatic heterocycles. The summed E-state index contributed by atoms with van der Waals surface area (Å²) >= 11 is 0. The molecule has 4 nitrogen and oxygen atoms in total. The molecule has 22 heavy (non-hydrogen) atoms. The van der Waals surface area contributed by atoms with E-state index in [1.54, 1.807) is 12.1 Å². The van der Waals surface area contributed by atoms with Crippen LogP contribution in [0.5, 0.6) is 11.5 Å². The fourth-order valence-electron chi connectivity index (χ4n) is 1.56. The van der Waals surface area contributed by atoms with Gasteiger partial charge in [-0.1, -0.05) is 41.5 Å². The second-order valence-corrected chi connectivity index (χ2v) is 7.77. The lowest BCUT2D eigenvalue weighted by atomic mass is 9.98. The molecule has 1 aromatic carbocycles. The van der Waals surface area contributed by atoms with Crippen molar-refractivity contribution in [2.45, 2.75) is 41.5 Å². The van der Waals surface area contributed by atoms with Crippen LogP contribution in [0.2, 0.25) is 0 Å². The molecule has 0 amide bonds. The van der Waals surface area contributed by atoms with Crippen LogP contribution >= 0.6 is 0 Å². The molecule has 4 heteroatoms. The molecule has 0 radical (unpaired) electrons. The molecule has 0 atom stereocenters. The van der Waals surface area contributed by atoms with Gasteiger partial charge in [-0.15, -0.1) is 0 Å². The molecule has 0 spiro atoms. The predicted molar refractivity (Wildman–Crippen MR) is 85.8 cm³/mol. The SMILES string of the molecule is CC(C)(C)COc1cc(C#N)c(C#N)cc1OCC(C)(C)C. The second kappa shape index (κ2) is 6.71. The van der Waals surface area contributed by atoms with Crippen LogP contribution < -0.4 is 9.47 Å². The molecule has 0 unspecified atom stereocenters. The molecule has 0 aliphatic carbocycles. The predicted octanol–water partition coefficient (Wildman–Crippen LogP) is 4.28. The Morgan fingerprint density at radius 2 is 1.09 bits per heavy atom. The molecule has 0 heterocycles. The van der Waals surface area contributed by atoms with Crippen LogP contribution in [0.25, 0.3) is 0 Å². The van der Waals surface area contributed by atoms with Crippen molar-refractivity contribution in [3.63, 3.8) is 0 Å². The number of rotatable bonds is 4. The van der Waals surface area contributed by atoms with Crippen LogP contribution in [0.15, 0.2) is 12.1 Å². The molecular weight excluding hydrogens is 276 g/mol. The standard InChI is InChI=1S/C18H24N2O2/c1-17(2,3)11-21-15-7-13(9-19)14(10-20)8-16(15)22-12-18(4,5)6/h7-8H,11-12H2,1-6H3. The van der Waals surface area contributed by atoms with Crippen LogP contribution in [0, 0.1) is 33.5 Å². The van der Waals surface area contributed by atoms with Crippen LogP contribution in [-0.4, -0.2) is 13.2 Å². The van der Waals surface area contributed by atoms with E-state index in [0.29, 0.717) is 35.8 Å². The van der Waals surface area contributed by atoms with Gasteiger partial charge < -0.3 is 9.47 Å². The lowest BCUT2D eigenvalue weighted by molar-refractivity contribution is 0.167. The van der Waals surface area contributed by atoms with Gasteiger partial charge in [-0.2, -0.15) is 10.5 Å². The van der Waals surface area contributed by atoms with E-state index in [9.17, 15) is 0 Å². The number of benzene rings is 1. The van der Waals surface area contributed by atoms with Gasteiger partial charge in [-0.3, -0.25) is 0 Å². The van der Waals surface area contributed by atoms with E-state index in [-0.39, 0.29) is 10.8 Å². The highest BCUT2D eigenvalue weighted by molar-refractivity contribution is 5.56. The third-order valence-electron chi connectivity index (χ3n) is 2.65. The molecular formula is C18H24N2O2. The molecule has 0 fully saturated rings. The number of hydrogen-bond donors (Lipinski definition) is 0. The fraction of sp³-hybridized carbons (Fsp3) is 0.556. The van der Waals surface area contributed by atoms with Gasteiger partial charge in [0, 0.05) is 12.1 Å². The van der Waals surface area contributed by atoms with Crippen molar-refractivity contribution in [1.82, 2.24) is 0 Å². The highest BCUT2D eigenvalue weighted by Gasteiger charge is 2.18. The van der Waals surface area contributed by atoms with E-state index < -0.39 is 0 Å². The molecule has 0 saturated carbocycles. The monoisotopic (exact) mass is 300 g/mol. The van der Waals surface area contributed by atoms with E-state index in [1.165, 1.54) is 0 Å². The van der Waals surface area contributed by atoms with E-state index >= 15 is 0 Å². The Morgan fingerprint density at radius 3 is 1.32 bits per heavy atom. The smallest absolute Gasteiger partial charge is 0.162 e. The Labute approximate surface area is 133 Å². The summed E-state index contributed by atoms with van der Waals surface area (Å²) in [6, 6.07) is 7.22. The molecule has 0 saturated heterocycles. The first-order valence-electron chi connectivity index (χ1n) is 7.29. The van der Waals surface area contributed by atoms with Gasteiger partial charge in [-0.05, 0) is 10.8 Å². The minimum absolute atomic E-state index is 0.0119. The lowest BCUT2D eigenvalue weighted by Crippen LogP contribution is -2.19. The Bertz CT molecular complexity index is 553. The Morgan fingerprint density at radius 1 is 0.773 bits per heavy atom. The summed E-state index contributed by atoms with van der Waals surface area (Å²) in [5.41, 5.74) is 0.577. The van der Waals surface area contributed by atoms with Crippen LogP contribution in [-0.2, 0) is 0 Å². The highest BCUT2D eigenvalue weighted by Crippen LogP contribution is 2.33. The number of nitriles is 2. The first-order valence-corrected chi connectivity index (χ1v) is 7.29. The summed E-state index contributed by atoms with van der Waals surface area (Å²) in [5.74, 6) is 1.02. The Kier molecular flexibility index (Phi) is 5.44. The second-order valence-electron chi connectivity index (χ2n) is 7.77. The van der Waals surface area contributed by atoms with Crippen molar-refractivity contribution in [3.05, 3.63) is 23.3 Å². The van der Waals surface area contributed by atoms with E-state index in [4.69, 9.17) is 20.0 Å². The van der Waals surface area contributed by atoms with Crippen molar-refractivity contribution in [2.75, 3.05) is 13.2 Å². The van der Waals surface area contributed by atoms with Gasteiger partial charge in [-0.25, -0.2) is 0 Å². The summed E-state index contributed by atoms with van der Waals surface area (Å²) in [7, 11) is 0. The van der Waals surface area contributed by atoms with Crippen LogP contribution in [0.3, 0.4) is 0 Å². The Hall–Kier alpha value is -2.20. The van der Waals surface area contributed by atoms with Crippen LogP contribution in [0.4, 0.5) is 0 Å². The maximum absolute atomic E-state index is 9.15. The van der Waals surface area contributed by atoms with Gasteiger partial charge in [0.15, 0.2) is 11.5 Å². The molecule has 1 rings (SSSR count). The summed E-state index contributed by atoms with van der Waals surface area (Å²) in [6.07, 6.45) is 0.